The van der Waals surface area contributed by atoms with E-state index in [4.69, 9.17) is 0 Å². The van der Waals surface area contributed by atoms with E-state index in [0.717, 1.165) is 24.2 Å². The van der Waals surface area contributed by atoms with Crippen molar-refractivity contribution in [3.63, 3.8) is 0 Å². The van der Waals surface area contributed by atoms with Crippen LogP contribution in [0.15, 0.2) is 0 Å². The van der Waals surface area contributed by atoms with Crippen molar-refractivity contribution in [2.24, 2.45) is 29.1 Å². The van der Waals surface area contributed by atoms with Gasteiger partial charge >= 0.3 is 0 Å². The molecule has 0 spiro atoms. The van der Waals surface area contributed by atoms with Gasteiger partial charge in [0.15, 0.2) is 0 Å². The summed E-state index contributed by atoms with van der Waals surface area (Å²) >= 11 is 0. The molecule has 5 aliphatic rings. The van der Waals surface area contributed by atoms with Gasteiger partial charge in [-0.1, -0.05) is 6.42 Å². The number of rotatable bonds is 1. The molecule has 5 saturated carbocycles. The zero-order valence-corrected chi connectivity index (χ0v) is 10.8. The van der Waals surface area contributed by atoms with Crippen LogP contribution in [0.1, 0.15) is 64.2 Å². The van der Waals surface area contributed by atoms with Gasteiger partial charge in [0.05, 0.1) is 0 Å². The van der Waals surface area contributed by atoms with Crippen LogP contribution in [0.25, 0.3) is 0 Å². The normalized spacial score (nSPS) is 53.1. The highest BCUT2D eigenvalue weighted by atomic mass is 16.1. The van der Waals surface area contributed by atoms with Crippen LogP contribution in [0.2, 0.25) is 0 Å². The van der Waals surface area contributed by atoms with Gasteiger partial charge in [0.2, 0.25) is 0 Å². The maximum absolute atomic E-state index is 12.3. The van der Waals surface area contributed by atoms with Crippen molar-refractivity contribution >= 4 is 5.78 Å². The molecular formula is C16H24O. The minimum Gasteiger partial charge on any atom is -0.299 e. The van der Waals surface area contributed by atoms with Crippen molar-refractivity contribution in [2.75, 3.05) is 0 Å². The maximum Gasteiger partial charge on any atom is 0.136 e. The van der Waals surface area contributed by atoms with Crippen LogP contribution in [0.4, 0.5) is 0 Å². The van der Waals surface area contributed by atoms with Gasteiger partial charge < -0.3 is 0 Å². The summed E-state index contributed by atoms with van der Waals surface area (Å²) in [5, 5.41) is 0. The molecule has 0 aliphatic heterocycles. The van der Waals surface area contributed by atoms with E-state index >= 15 is 0 Å². The fourth-order valence-electron chi connectivity index (χ4n) is 6.24. The van der Waals surface area contributed by atoms with Crippen LogP contribution in [-0.4, -0.2) is 5.78 Å². The average molecular weight is 232 g/mol. The monoisotopic (exact) mass is 232 g/mol. The van der Waals surface area contributed by atoms with Crippen LogP contribution in [0.5, 0.6) is 0 Å². The summed E-state index contributed by atoms with van der Waals surface area (Å²) in [6.07, 6.45) is 13.3. The number of ketones is 1. The van der Waals surface area contributed by atoms with Gasteiger partial charge in [0.1, 0.15) is 5.78 Å². The third kappa shape index (κ3) is 1.54. The molecule has 0 unspecified atom stereocenters. The number of carbonyl (C=O) groups is 1. The summed E-state index contributed by atoms with van der Waals surface area (Å²) in [6.45, 7) is 0. The van der Waals surface area contributed by atoms with Crippen LogP contribution in [-0.2, 0) is 4.79 Å². The van der Waals surface area contributed by atoms with E-state index in [9.17, 15) is 4.79 Å². The third-order valence-corrected chi connectivity index (χ3v) is 6.38. The number of hydrogen-bond donors (Lipinski definition) is 0. The molecule has 0 saturated heterocycles. The SMILES string of the molecule is O=C1CCCC[C@@H]1C12CC3CC(CC(C3)C1)C2. The van der Waals surface area contributed by atoms with Crippen molar-refractivity contribution < 1.29 is 4.79 Å². The van der Waals surface area contributed by atoms with Crippen molar-refractivity contribution in [3.05, 3.63) is 0 Å². The molecule has 1 heteroatoms. The van der Waals surface area contributed by atoms with E-state index in [0.29, 0.717) is 17.1 Å². The van der Waals surface area contributed by atoms with Crippen LogP contribution in [0, 0.1) is 29.1 Å². The highest BCUT2D eigenvalue weighted by Crippen LogP contribution is 2.64. The first-order chi connectivity index (χ1) is 8.25. The Balaban J connectivity index is 1.65. The van der Waals surface area contributed by atoms with Crippen molar-refractivity contribution in [1.82, 2.24) is 0 Å². The molecule has 94 valence electrons. The molecule has 0 amide bonds. The second-order valence-corrected chi connectivity index (χ2v) is 7.54. The Kier molecular flexibility index (Phi) is 2.23. The molecule has 1 nitrogen and oxygen atoms in total. The average Bonchev–Trinajstić information content (AvgIpc) is 2.27. The van der Waals surface area contributed by atoms with Gasteiger partial charge in [-0.05, 0) is 74.5 Å². The molecule has 4 bridgehead atoms. The smallest absolute Gasteiger partial charge is 0.136 e. The van der Waals surface area contributed by atoms with E-state index in [1.807, 2.05) is 0 Å². The molecule has 5 aliphatic carbocycles. The van der Waals surface area contributed by atoms with Gasteiger partial charge in [-0.3, -0.25) is 4.79 Å². The Labute approximate surface area is 104 Å². The Hall–Kier alpha value is -0.330. The minimum absolute atomic E-state index is 0.477. The summed E-state index contributed by atoms with van der Waals surface area (Å²) in [7, 11) is 0. The lowest BCUT2D eigenvalue weighted by Crippen LogP contribution is -2.51. The summed E-state index contributed by atoms with van der Waals surface area (Å²) in [5.74, 6) is 4.10. The van der Waals surface area contributed by atoms with E-state index in [1.165, 1.54) is 57.8 Å². The Morgan fingerprint density at radius 3 is 2.00 bits per heavy atom. The zero-order chi connectivity index (χ0) is 11.5. The topological polar surface area (TPSA) is 17.1 Å². The lowest BCUT2D eigenvalue weighted by Gasteiger charge is -2.59. The zero-order valence-electron chi connectivity index (χ0n) is 10.8. The lowest BCUT2D eigenvalue weighted by atomic mass is 9.45. The van der Waals surface area contributed by atoms with Gasteiger partial charge in [0.25, 0.3) is 0 Å². The minimum atomic E-state index is 0.477. The number of Topliss-reactive ketones (excluding diaryl/α,β-unsaturated/α-hetero) is 1. The van der Waals surface area contributed by atoms with Gasteiger partial charge in [0, 0.05) is 12.3 Å². The molecule has 5 rings (SSSR count). The predicted octanol–water partition coefficient (Wildman–Crippen LogP) is 3.96. The van der Waals surface area contributed by atoms with E-state index in [2.05, 4.69) is 0 Å². The second-order valence-electron chi connectivity index (χ2n) is 7.54. The maximum atomic E-state index is 12.3. The summed E-state index contributed by atoms with van der Waals surface area (Å²) in [4.78, 5) is 12.3. The van der Waals surface area contributed by atoms with Gasteiger partial charge in [-0.15, -0.1) is 0 Å². The summed E-state index contributed by atoms with van der Waals surface area (Å²) in [5.41, 5.74) is 0.492. The van der Waals surface area contributed by atoms with Crippen LogP contribution < -0.4 is 0 Å². The lowest BCUT2D eigenvalue weighted by molar-refractivity contribution is -0.142. The number of carbonyl (C=O) groups excluding carboxylic acids is 1. The third-order valence-electron chi connectivity index (χ3n) is 6.38. The first-order valence-corrected chi connectivity index (χ1v) is 7.78. The standard InChI is InChI=1S/C16H24O/c17-15-4-2-1-3-14(15)16-8-11-5-12(9-16)7-13(6-11)10-16/h11-14H,1-10H2/t11?,12?,13?,14-,16?/m0/s1. The molecule has 0 heterocycles. The van der Waals surface area contributed by atoms with Gasteiger partial charge in [-0.2, -0.15) is 0 Å². The quantitative estimate of drug-likeness (QED) is 0.668. The largest absolute Gasteiger partial charge is 0.299 e. The van der Waals surface area contributed by atoms with E-state index in [1.54, 1.807) is 0 Å². The predicted molar refractivity (Wildman–Crippen MR) is 67.6 cm³/mol. The van der Waals surface area contributed by atoms with E-state index < -0.39 is 0 Å². The molecule has 1 atom stereocenters. The van der Waals surface area contributed by atoms with Crippen molar-refractivity contribution in [2.45, 2.75) is 64.2 Å². The first kappa shape index (κ1) is 10.6. The highest BCUT2D eigenvalue weighted by Gasteiger charge is 2.55. The van der Waals surface area contributed by atoms with Crippen LogP contribution >= 0.6 is 0 Å². The Morgan fingerprint density at radius 2 is 1.47 bits per heavy atom. The molecule has 0 radical (unpaired) electrons. The Bertz CT molecular complexity index is 308. The molecule has 0 aromatic heterocycles. The highest BCUT2D eigenvalue weighted by molar-refractivity contribution is 5.82. The molecule has 0 aromatic rings. The van der Waals surface area contributed by atoms with Gasteiger partial charge in [-0.25, -0.2) is 0 Å². The fraction of sp³-hybridized carbons (Fsp3) is 0.938. The summed E-state index contributed by atoms with van der Waals surface area (Å²) in [6, 6.07) is 0. The summed E-state index contributed by atoms with van der Waals surface area (Å²) < 4.78 is 0. The molecular weight excluding hydrogens is 208 g/mol. The van der Waals surface area contributed by atoms with E-state index in [-0.39, 0.29) is 0 Å². The molecule has 0 aromatic carbocycles. The van der Waals surface area contributed by atoms with Crippen molar-refractivity contribution in [1.29, 1.82) is 0 Å². The Morgan fingerprint density at radius 1 is 0.882 bits per heavy atom. The molecule has 17 heavy (non-hydrogen) atoms. The fourth-order valence-corrected chi connectivity index (χ4v) is 6.24. The van der Waals surface area contributed by atoms with Crippen molar-refractivity contribution in [3.8, 4) is 0 Å². The number of hydrogen-bond acceptors (Lipinski definition) is 1. The molecule has 5 fully saturated rings. The first-order valence-electron chi connectivity index (χ1n) is 7.78. The molecule has 0 N–H and O–H groups in total. The second kappa shape index (κ2) is 3.59. The van der Waals surface area contributed by atoms with Crippen LogP contribution in [0.3, 0.4) is 0 Å².